The first kappa shape index (κ1) is 17.0. The second kappa shape index (κ2) is 7.12. The van der Waals surface area contributed by atoms with Gasteiger partial charge in [-0.15, -0.1) is 0 Å². The summed E-state index contributed by atoms with van der Waals surface area (Å²) in [6.45, 7) is 3.26. The fourth-order valence-corrected chi connectivity index (χ4v) is 1.48. The molecule has 1 aromatic rings. The third-order valence-corrected chi connectivity index (χ3v) is 2.93. The molecule has 0 saturated carbocycles. The maximum Gasteiger partial charge on any atom is 0.239 e. The number of methoxy groups -OCH3 is 1. The van der Waals surface area contributed by atoms with Gasteiger partial charge in [0.25, 0.3) is 0 Å². The van der Waals surface area contributed by atoms with Gasteiger partial charge in [-0.25, -0.2) is 8.78 Å². The lowest BCUT2D eigenvalue weighted by Gasteiger charge is -2.23. The number of carbonyl (C=O) groups excluding carboxylic acids is 2. The predicted molar refractivity (Wildman–Crippen MR) is 73.7 cm³/mol. The second-order valence-corrected chi connectivity index (χ2v) is 4.92. The van der Waals surface area contributed by atoms with Crippen LogP contribution in [-0.4, -0.2) is 32.1 Å². The lowest BCUT2D eigenvalue weighted by atomic mass is 9.91. The summed E-state index contributed by atoms with van der Waals surface area (Å²) in [6.07, 6.45) is 0. The fourth-order valence-electron chi connectivity index (χ4n) is 1.48. The molecule has 7 heteroatoms. The largest absolute Gasteiger partial charge is 0.383 e. The molecule has 0 aliphatic rings. The highest BCUT2D eigenvalue weighted by Crippen LogP contribution is 2.23. The third-order valence-electron chi connectivity index (χ3n) is 2.93. The van der Waals surface area contributed by atoms with E-state index in [0.29, 0.717) is 6.61 Å². The molecular formula is C14H18F2N2O3. The highest BCUT2D eigenvalue weighted by molar-refractivity contribution is 6.09. The minimum absolute atomic E-state index is 0.236. The van der Waals surface area contributed by atoms with E-state index in [-0.39, 0.29) is 6.54 Å². The van der Waals surface area contributed by atoms with E-state index in [0.717, 1.165) is 12.1 Å². The summed E-state index contributed by atoms with van der Waals surface area (Å²) in [5, 5.41) is 4.62. The summed E-state index contributed by atoms with van der Waals surface area (Å²) >= 11 is 0. The van der Waals surface area contributed by atoms with E-state index in [1.54, 1.807) is 0 Å². The lowest BCUT2D eigenvalue weighted by molar-refractivity contribution is -0.138. The molecule has 1 rings (SSSR count). The van der Waals surface area contributed by atoms with Crippen LogP contribution < -0.4 is 10.6 Å². The van der Waals surface area contributed by atoms with Crippen LogP contribution >= 0.6 is 0 Å². The Morgan fingerprint density at radius 1 is 1.19 bits per heavy atom. The van der Waals surface area contributed by atoms with Gasteiger partial charge in [-0.1, -0.05) is 6.07 Å². The Kier molecular flexibility index (Phi) is 5.78. The van der Waals surface area contributed by atoms with Crippen LogP contribution in [-0.2, 0) is 14.3 Å². The number of para-hydroxylation sites is 1. The zero-order chi connectivity index (χ0) is 16.0. The number of ether oxygens (including phenoxy) is 1. The van der Waals surface area contributed by atoms with Crippen LogP contribution in [0.3, 0.4) is 0 Å². The number of benzene rings is 1. The molecular weight excluding hydrogens is 282 g/mol. The zero-order valence-corrected chi connectivity index (χ0v) is 12.1. The summed E-state index contributed by atoms with van der Waals surface area (Å²) in [7, 11) is 1.48. The lowest BCUT2D eigenvalue weighted by Crippen LogP contribution is -2.46. The summed E-state index contributed by atoms with van der Waals surface area (Å²) in [5.41, 5.74) is -2.05. The normalized spacial score (nSPS) is 11.1. The van der Waals surface area contributed by atoms with Crippen molar-refractivity contribution >= 4 is 17.5 Å². The number of rotatable bonds is 6. The van der Waals surface area contributed by atoms with E-state index < -0.39 is 34.6 Å². The second-order valence-electron chi connectivity index (χ2n) is 4.92. The van der Waals surface area contributed by atoms with Crippen molar-refractivity contribution in [3.63, 3.8) is 0 Å². The summed E-state index contributed by atoms with van der Waals surface area (Å²) in [5.74, 6) is -3.17. The number of anilines is 1. The van der Waals surface area contributed by atoms with Crippen LogP contribution in [0.25, 0.3) is 0 Å². The molecule has 0 aliphatic heterocycles. The Morgan fingerprint density at radius 2 is 1.76 bits per heavy atom. The number of nitrogens with one attached hydrogen (secondary N) is 2. The van der Waals surface area contributed by atoms with Gasteiger partial charge in [0.2, 0.25) is 11.8 Å². The molecule has 5 nitrogen and oxygen atoms in total. The van der Waals surface area contributed by atoms with Gasteiger partial charge in [-0.2, -0.15) is 0 Å². The van der Waals surface area contributed by atoms with Gasteiger partial charge in [-0.3, -0.25) is 9.59 Å². The number of halogens is 2. The summed E-state index contributed by atoms with van der Waals surface area (Å²) < 4.78 is 31.7. The smallest absolute Gasteiger partial charge is 0.239 e. The summed E-state index contributed by atoms with van der Waals surface area (Å²) in [6, 6.07) is 3.22. The number of hydrogen-bond donors (Lipinski definition) is 2. The Morgan fingerprint density at radius 3 is 2.29 bits per heavy atom. The van der Waals surface area contributed by atoms with Gasteiger partial charge in [0.05, 0.1) is 6.61 Å². The molecule has 0 heterocycles. The number of hydrogen-bond acceptors (Lipinski definition) is 3. The Balaban J connectivity index is 2.79. The zero-order valence-electron chi connectivity index (χ0n) is 12.1. The molecule has 0 saturated heterocycles. The number of carbonyl (C=O) groups is 2. The molecule has 0 fully saturated rings. The Labute approximate surface area is 121 Å². The maximum atomic E-state index is 13.5. The minimum atomic E-state index is -1.48. The quantitative estimate of drug-likeness (QED) is 0.620. The van der Waals surface area contributed by atoms with E-state index in [2.05, 4.69) is 10.6 Å². The first-order valence-corrected chi connectivity index (χ1v) is 6.33. The van der Waals surface area contributed by atoms with Crippen molar-refractivity contribution in [2.45, 2.75) is 13.8 Å². The van der Waals surface area contributed by atoms with Gasteiger partial charge in [-0.05, 0) is 26.0 Å². The average molecular weight is 300 g/mol. The van der Waals surface area contributed by atoms with Gasteiger partial charge in [0.15, 0.2) is 0 Å². The van der Waals surface area contributed by atoms with Crippen LogP contribution in [0.4, 0.5) is 14.5 Å². The fraction of sp³-hybridized carbons (Fsp3) is 0.429. The molecule has 0 spiro atoms. The van der Waals surface area contributed by atoms with Crippen molar-refractivity contribution in [2.75, 3.05) is 25.6 Å². The van der Waals surface area contributed by atoms with Crippen molar-refractivity contribution in [2.24, 2.45) is 5.41 Å². The van der Waals surface area contributed by atoms with E-state index in [9.17, 15) is 18.4 Å². The van der Waals surface area contributed by atoms with Crippen LogP contribution in [0.15, 0.2) is 18.2 Å². The van der Waals surface area contributed by atoms with Crippen LogP contribution in [0.1, 0.15) is 13.8 Å². The van der Waals surface area contributed by atoms with Crippen LogP contribution in [0.2, 0.25) is 0 Å². The monoisotopic (exact) mass is 300 g/mol. The maximum absolute atomic E-state index is 13.5. The van der Waals surface area contributed by atoms with Crippen LogP contribution in [0, 0.1) is 17.0 Å². The third kappa shape index (κ3) is 4.22. The van der Waals surface area contributed by atoms with Crippen molar-refractivity contribution < 1.29 is 23.1 Å². The molecule has 0 aromatic heterocycles. The van der Waals surface area contributed by atoms with Gasteiger partial charge < -0.3 is 15.4 Å². The van der Waals surface area contributed by atoms with Crippen LogP contribution in [0.5, 0.6) is 0 Å². The molecule has 0 unspecified atom stereocenters. The first-order valence-electron chi connectivity index (χ1n) is 6.33. The Bertz CT molecular complexity index is 513. The molecule has 0 radical (unpaired) electrons. The SMILES string of the molecule is COCCNC(=O)C(C)(C)C(=O)Nc1c(F)cccc1F. The highest BCUT2D eigenvalue weighted by Gasteiger charge is 2.36. The molecule has 0 bridgehead atoms. The molecule has 0 aliphatic carbocycles. The van der Waals surface area contributed by atoms with Gasteiger partial charge >= 0.3 is 0 Å². The minimum Gasteiger partial charge on any atom is -0.383 e. The molecule has 2 N–H and O–H groups in total. The topological polar surface area (TPSA) is 67.4 Å². The molecule has 2 amide bonds. The molecule has 0 atom stereocenters. The molecule has 21 heavy (non-hydrogen) atoms. The van der Waals surface area contributed by atoms with E-state index in [1.165, 1.54) is 27.0 Å². The summed E-state index contributed by atoms with van der Waals surface area (Å²) in [4.78, 5) is 24.0. The highest BCUT2D eigenvalue weighted by atomic mass is 19.1. The van der Waals surface area contributed by atoms with Crippen molar-refractivity contribution in [1.29, 1.82) is 0 Å². The van der Waals surface area contributed by atoms with E-state index >= 15 is 0 Å². The van der Waals surface area contributed by atoms with Crippen molar-refractivity contribution in [3.05, 3.63) is 29.8 Å². The van der Waals surface area contributed by atoms with Crippen molar-refractivity contribution in [3.8, 4) is 0 Å². The Hall–Kier alpha value is -2.02. The van der Waals surface area contributed by atoms with Gasteiger partial charge in [0, 0.05) is 13.7 Å². The standard InChI is InChI=1S/C14H18F2N2O3/c1-14(2,12(19)17-7-8-21-3)13(20)18-11-9(15)5-4-6-10(11)16/h4-6H,7-8H2,1-3H3,(H,17,19)(H,18,20). The number of amides is 2. The molecule has 116 valence electrons. The van der Waals surface area contributed by atoms with Gasteiger partial charge in [0.1, 0.15) is 22.7 Å². The van der Waals surface area contributed by atoms with E-state index in [1.807, 2.05) is 0 Å². The average Bonchev–Trinajstić information content (AvgIpc) is 2.42. The first-order chi connectivity index (χ1) is 9.80. The van der Waals surface area contributed by atoms with E-state index in [4.69, 9.17) is 4.74 Å². The predicted octanol–water partition coefficient (Wildman–Crippen LogP) is 1.69. The van der Waals surface area contributed by atoms with Crippen molar-refractivity contribution in [1.82, 2.24) is 5.32 Å². The molecule has 1 aromatic carbocycles.